The van der Waals surface area contributed by atoms with Crippen molar-refractivity contribution in [2.24, 2.45) is 23.7 Å². The van der Waals surface area contributed by atoms with Crippen molar-refractivity contribution >= 4 is 27.3 Å². The van der Waals surface area contributed by atoms with Gasteiger partial charge in [-0.1, -0.05) is 42.5 Å². The molecule has 1 amide bonds. The predicted octanol–water partition coefficient (Wildman–Crippen LogP) is 6.30. The maximum Gasteiger partial charge on any atom is 0.264 e. The first-order valence-corrected chi connectivity index (χ1v) is 14.4. The van der Waals surface area contributed by atoms with Crippen LogP contribution in [0.1, 0.15) is 53.9 Å². The molecule has 36 heavy (non-hydrogen) atoms. The number of nitrogens with zero attached hydrogens (tertiary/aromatic N) is 1. The molecule has 0 unspecified atom stereocenters. The highest BCUT2D eigenvalue weighted by atomic mass is 32.2. The number of nitrogens with one attached hydrogen (secondary N) is 1. The Labute approximate surface area is 213 Å². The van der Waals surface area contributed by atoms with E-state index < -0.39 is 10.0 Å². The highest BCUT2D eigenvalue weighted by Gasteiger charge is 2.48. The van der Waals surface area contributed by atoms with Crippen LogP contribution < -0.4 is 9.62 Å². The van der Waals surface area contributed by atoms with Gasteiger partial charge in [0, 0.05) is 12.7 Å². The summed E-state index contributed by atoms with van der Waals surface area (Å²) < 4.78 is 27.5. The summed E-state index contributed by atoms with van der Waals surface area (Å²) in [7, 11) is -2.31. The fourth-order valence-electron chi connectivity index (χ4n) is 7.28. The zero-order chi connectivity index (χ0) is 24.9. The zero-order valence-corrected chi connectivity index (χ0v) is 21.3. The van der Waals surface area contributed by atoms with Crippen molar-refractivity contribution < 1.29 is 13.2 Å². The summed E-state index contributed by atoms with van der Waals surface area (Å²) in [5.74, 6) is 3.85. The van der Waals surface area contributed by atoms with Crippen LogP contribution in [0.25, 0.3) is 0 Å². The van der Waals surface area contributed by atoms with Crippen molar-refractivity contribution in [1.29, 1.82) is 0 Å². The van der Waals surface area contributed by atoms with Gasteiger partial charge in [0.05, 0.1) is 16.1 Å². The van der Waals surface area contributed by atoms with E-state index >= 15 is 0 Å². The van der Waals surface area contributed by atoms with Crippen molar-refractivity contribution in [1.82, 2.24) is 0 Å². The van der Waals surface area contributed by atoms with E-state index in [0.717, 1.165) is 29.4 Å². The standard InChI is InChI=1S/C30H32N2O3S/c1-32(36(34,35)26-7-3-2-4-8-26)28-10-6-5-9-27(28)30(33)31-25-13-11-22(12-14-25)29-23-16-20-15-21(18-23)19-24(29)17-20/h2-14,20-21,23-24,29H,15-19H2,1H3,(H,31,33). The number of amides is 1. The minimum atomic E-state index is -3.79. The van der Waals surface area contributed by atoms with Crippen molar-refractivity contribution in [2.75, 3.05) is 16.7 Å². The van der Waals surface area contributed by atoms with Crippen LogP contribution in [0.2, 0.25) is 0 Å². The molecule has 0 aromatic heterocycles. The van der Waals surface area contributed by atoms with E-state index in [1.807, 2.05) is 12.1 Å². The molecule has 0 aliphatic heterocycles. The molecule has 0 heterocycles. The molecule has 4 saturated carbocycles. The lowest BCUT2D eigenvalue weighted by molar-refractivity contribution is -0.00277. The number of anilines is 2. The third-order valence-corrected chi connectivity index (χ3v) is 10.5. The molecule has 4 fully saturated rings. The Bertz CT molecular complexity index is 1340. The molecular formula is C30H32N2O3S. The largest absolute Gasteiger partial charge is 0.322 e. The van der Waals surface area contributed by atoms with Gasteiger partial charge in [-0.3, -0.25) is 9.10 Å². The minimum Gasteiger partial charge on any atom is -0.322 e. The number of sulfonamides is 1. The molecule has 4 bridgehead atoms. The monoisotopic (exact) mass is 500 g/mol. The lowest BCUT2D eigenvalue weighted by atomic mass is 9.51. The number of hydrogen-bond acceptors (Lipinski definition) is 3. The Morgan fingerprint density at radius 2 is 1.36 bits per heavy atom. The second-order valence-electron chi connectivity index (χ2n) is 10.8. The van der Waals surface area contributed by atoms with E-state index in [0.29, 0.717) is 17.2 Å². The third-order valence-electron chi connectivity index (χ3n) is 8.67. The lowest BCUT2D eigenvalue weighted by Crippen LogP contribution is -2.43. The second-order valence-corrected chi connectivity index (χ2v) is 12.8. The van der Waals surface area contributed by atoms with Crippen LogP contribution in [0.4, 0.5) is 11.4 Å². The van der Waals surface area contributed by atoms with E-state index in [-0.39, 0.29) is 10.8 Å². The summed E-state index contributed by atoms with van der Waals surface area (Å²) in [4.78, 5) is 13.4. The molecule has 186 valence electrons. The first-order chi connectivity index (χ1) is 17.4. The van der Waals surface area contributed by atoms with Gasteiger partial charge in [0.15, 0.2) is 0 Å². The van der Waals surface area contributed by atoms with Crippen LogP contribution in [0.3, 0.4) is 0 Å². The first-order valence-electron chi connectivity index (χ1n) is 12.9. The van der Waals surface area contributed by atoms with Gasteiger partial charge in [0.2, 0.25) is 0 Å². The van der Waals surface area contributed by atoms with Gasteiger partial charge in [0.25, 0.3) is 15.9 Å². The SMILES string of the molecule is CN(c1ccccc1C(=O)Nc1ccc(C2C3CC4CC(C3)CC2C4)cc1)S(=O)(=O)c1ccccc1. The van der Waals surface area contributed by atoms with Gasteiger partial charge < -0.3 is 5.32 Å². The molecular weight excluding hydrogens is 468 g/mol. The molecule has 5 nitrogen and oxygen atoms in total. The zero-order valence-electron chi connectivity index (χ0n) is 20.5. The molecule has 7 rings (SSSR count). The Morgan fingerprint density at radius 3 is 2.00 bits per heavy atom. The minimum absolute atomic E-state index is 0.183. The van der Waals surface area contributed by atoms with E-state index in [4.69, 9.17) is 0 Å². The summed E-state index contributed by atoms with van der Waals surface area (Å²) in [6, 6.07) is 23.4. The van der Waals surface area contributed by atoms with E-state index in [1.165, 1.54) is 49.0 Å². The Kier molecular flexibility index (Phi) is 5.87. The average molecular weight is 501 g/mol. The molecule has 4 aliphatic carbocycles. The highest BCUT2D eigenvalue weighted by Crippen LogP contribution is 2.59. The summed E-state index contributed by atoms with van der Waals surface area (Å²) in [5.41, 5.74) is 2.76. The van der Waals surface area contributed by atoms with Gasteiger partial charge >= 0.3 is 0 Å². The third kappa shape index (κ3) is 4.11. The number of carbonyl (C=O) groups is 1. The Morgan fingerprint density at radius 1 is 0.778 bits per heavy atom. The number of para-hydroxylation sites is 1. The van der Waals surface area contributed by atoms with Crippen LogP contribution >= 0.6 is 0 Å². The van der Waals surface area contributed by atoms with Crippen molar-refractivity contribution in [3.05, 3.63) is 90.0 Å². The van der Waals surface area contributed by atoms with E-state index in [9.17, 15) is 13.2 Å². The molecule has 3 aromatic rings. The molecule has 0 spiro atoms. The normalized spacial score (nSPS) is 26.5. The van der Waals surface area contributed by atoms with Crippen LogP contribution in [0.15, 0.2) is 83.8 Å². The molecule has 6 heteroatoms. The predicted molar refractivity (Wildman–Crippen MR) is 143 cm³/mol. The lowest BCUT2D eigenvalue weighted by Gasteiger charge is -2.54. The smallest absolute Gasteiger partial charge is 0.264 e. The molecule has 0 atom stereocenters. The number of rotatable bonds is 6. The summed E-state index contributed by atoms with van der Waals surface area (Å²) in [5, 5.41) is 2.98. The Balaban J connectivity index is 1.20. The molecule has 1 N–H and O–H groups in total. The maximum absolute atomic E-state index is 13.3. The fraction of sp³-hybridized carbons (Fsp3) is 0.367. The summed E-state index contributed by atoms with van der Waals surface area (Å²) in [6.07, 6.45) is 6.98. The summed E-state index contributed by atoms with van der Waals surface area (Å²) >= 11 is 0. The quantitative estimate of drug-likeness (QED) is 0.432. The molecule has 0 radical (unpaired) electrons. The number of hydrogen-bond donors (Lipinski definition) is 1. The van der Waals surface area contributed by atoms with Crippen LogP contribution in [0.5, 0.6) is 0 Å². The van der Waals surface area contributed by atoms with Gasteiger partial charge in [-0.05, 0) is 104 Å². The van der Waals surface area contributed by atoms with Crippen molar-refractivity contribution in [3.8, 4) is 0 Å². The van der Waals surface area contributed by atoms with Crippen molar-refractivity contribution in [2.45, 2.75) is 42.9 Å². The first kappa shape index (κ1) is 23.3. The maximum atomic E-state index is 13.3. The molecule has 0 saturated heterocycles. The fourth-order valence-corrected chi connectivity index (χ4v) is 8.51. The van der Waals surface area contributed by atoms with Gasteiger partial charge in [-0.2, -0.15) is 0 Å². The van der Waals surface area contributed by atoms with Gasteiger partial charge in [0.1, 0.15) is 0 Å². The van der Waals surface area contributed by atoms with Crippen molar-refractivity contribution in [3.63, 3.8) is 0 Å². The van der Waals surface area contributed by atoms with Gasteiger partial charge in [-0.15, -0.1) is 0 Å². The van der Waals surface area contributed by atoms with Crippen LogP contribution in [0, 0.1) is 23.7 Å². The molecule has 4 aliphatic rings. The van der Waals surface area contributed by atoms with Gasteiger partial charge in [-0.25, -0.2) is 8.42 Å². The van der Waals surface area contributed by atoms with E-state index in [2.05, 4.69) is 17.4 Å². The Hall–Kier alpha value is -3.12. The average Bonchev–Trinajstić information content (AvgIpc) is 2.89. The van der Waals surface area contributed by atoms with Crippen LogP contribution in [-0.2, 0) is 10.0 Å². The second kappa shape index (κ2) is 9.07. The topological polar surface area (TPSA) is 66.5 Å². The highest BCUT2D eigenvalue weighted by molar-refractivity contribution is 7.92. The summed E-state index contributed by atoms with van der Waals surface area (Å²) in [6.45, 7) is 0. The number of benzene rings is 3. The number of carbonyl (C=O) groups excluding carboxylic acids is 1. The molecule has 3 aromatic carbocycles. The van der Waals surface area contributed by atoms with Crippen LogP contribution in [-0.4, -0.2) is 21.4 Å². The van der Waals surface area contributed by atoms with E-state index in [1.54, 1.807) is 54.6 Å².